The summed E-state index contributed by atoms with van der Waals surface area (Å²) < 4.78 is 5.42. The number of nitrogens with one attached hydrogen (secondary N) is 1. The molecule has 1 fully saturated rings. The number of pyridine rings is 1. The van der Waals surface area contributed by atoms with E-state index in [4.69, 9.17) is 10.5 Å². The highest BCUT2D eigenvalue weighted by molar-refractivity contribution is 5.78. The van der Waals surface area contributed by atoms with Crippen molar-refractivity contribution in [2.75, 3.05) is 6.61 Å². The first kappa shape index (κ1) is 11.9. The molecule has 0 saturated heterocycles. The van der Waals surface area contributed by atoms with Crippen LogP contribution in [-0.2, 0) is 11.3 Å². The lowest BCUT2D eigenvalue weighted by molar-refractivity contribution is -0.123. The van der Waals surface area contributed by atoms with E-state index in [9.17, 15) is 4.79 Å². The summed E-state index contributed by atoms with van der Waals surface area (Å²) in [5.74, 6) is 0.500. The minimum atomic E-state index is -0.0870. The number of hydrogen-bond acceptors (Lipinski definition) is 4. The molecule has 0 atom stereocenters. The predicted molar refractivity (Wildman–Crippen MR) is 63.5 cm³/mol. The summed E-state index contributed by atoms with van der Waals surface area (Å²) in [6.07, 6.45) is 2.15. The molecule has 1 saturated carbocycles. The Kier molecular flexibility index (Phi) is 3.58. The number of carbonyl (C=O) groups excluding carboxylic acids is 1. The van der Waals surface area contributed by atoms with Gasteiger partial charge in [0.25, 0.3) is 5.91 Å². The molecule has 0 radical (unpaired) electrons. The fraction of sp³-hybridized carbons (Fsp3) is 0.500. The molecule has 3 N–H and O–H groups in total. The van der Waals surface area contributed by atoms with Crippen molar-refractivity contribution >= 4 is 5.91 Å². The maximum atomic E-state index is 11.4. The molecule has 0 spiro atoms. The SMILES string of the molecule is Cc1ccc(OCC(=O)NC2CC2)c(CN)n1. The number of ether oxygens (including phenoxy) is 1. The van der Waals surface area contributed by atoms with Gasteiger partial charge in [-0.2, -0.15) is 0 Å². The highest BCUT2D eigenvalue weighted by Crippen LogP contribution is 2.19. The smallest absolute Gasteiger partial charge is 0.258 e. The van der Waals surface area contributed by atoms with Crippen LogP contribution < -0.4 is 15.8 Å². The Morgan fingerprint density at radius 2 is 2.35 bits per heavy atom. The summed E-state index contributed by atoms with van der Waals surface area (Å²) in [6, 6.07) is 4.00. The number of nitrogens with zero attached hydrogens (tertiary/aromatic N) is 1. The Balaban J connectivity index is 1.90. The highest BCUT2D eigenvalue weighted by atomic mass is 16.5. The van der Waals surface area contributed by atoms with E-state index in [0.29, 0.717) is 24.0 Å². The van der Waals surface area contributed by atoms with Gasteiger partial charge in [-0.25, -0.2) is 0 Å². The predicted octanol–water partition coefficient (Wildman–Crippen LogP) is 0.506. The largest absolute Gasteiger partial charge is 0.482 e. The van der Waals surface area contributed by atoms with Crippen molar-refractivity contribution in [2.45, 2.75) is 32.4 Å². The van der Waals surface area contributed by atoms with Crippen LogP contribution in [0.1, 0.15) is 24.2 Å². The molecule has 5 heteroatoms. The van der Waals surface area contributed by atoms with Crippen LogP contribution in [0, 0.1) is 6.92 Å². The molecule has 5 nitrogen and oxygen atoms in total. The second-order valence-corrected chi connectivity index (χ2v) is 4.23. The molecule has 1 aliphatic carbocycles. The van der Waals surface area contributed by atoms with Crippen molar-refractivity contribution in [3.63, 3.8) is 0 Å². The molecule has 0 aliphatic heterocycles. The van der Waals surface area contributed by atoms with E-state index in [-0.39, 0.29) is 12.5 Å². The third kappa shape index (κ3) is 3.42. The lowest BCUT2D eigenvalue weighted by Crippen LogP contribution is -2.30. The van der Waals surface area contributed by atoms with Crippen molar-refractivity contribution in [1.82, 2.24) is 10.3 Å². The Bertz CT molecular complexity index is 416. The fourth-order valence-electron chi connectivity index (χ4n) is 1.52. The molecule has 1 aromatic heterocycles. The molecule has 1 aliphatic rings. The third-order valence-electron chi connectivity index (χ3n) is 2.57. The van der Waals surface area contributed by atoms with E-state index in [1.54, 1.807) is 6.07 Å². The maximum Gasteiger partial charge on any atom is 0.258 e. The number of aromatic nitrogens is 1. The molecule has 0 aromatic carbocycles. The maximum absolute atomic E-state index is 11.4. The standard InChI is InChI=1S/C12H17N3O2/c1-8-2-5-11(10(6-13)14-8)17-7-12(16)15-9-3-4-9/h2,5,9H,3-4,6-7,13H2,1H3,(H,15,16). The van der Waals surface area contributed by atoms with Crippen LogP contribution in [0.5, 0.6) is 5.75 Å². The first-order valence-corrected chi connectivity index (χ1v) is 5.78. The van der Waals surface area contributed by atoms with Gasteiger partial charge in [-0.15, -0.1) is 0 Å². The number of aryl methyl sites for hydroxylation is 1. The molecular weight excluding hydrogens is 218 g/mol. The van der Waals surface area contributed by atoms with Gasteiger partial charge in [-0.05, 0) is 31.9 Å². The lowest BCUT2D eigenvalue weighted by Gasteiger charge is -2.10. The first-order valence-electron chi connectivity index (χ1n) is 5.78. The minimum Gasteiger partial charge on any atom is -0.482 e. The zero-order valence-electron chi connectivity index (χ0n) is 9.90. The van der Waals surface area contributed by atoms with Gasteiger partial charge in [0.2, 0.25) is 0 Å². The van der Waals surface area contributed by atoms with Crippen LogP contribution in [-0.4, -0.2) is 23.5 Å². The first-order chi connectivity index (χ1) is 8.19. The Hall–Kier alpha value is -1.62. The summed E-state index contributed by atoms with van der Waals surface area (Å²) in [5.41, 5.74) is 7.15. The number of carbonyl (C=O) groups is 1. The van der Waals surface area contributed by atoms with Crippen LogP contribution in [0.4, 0.5) is 0 Å². The van der Waals surface area contributed by atoms with E-state index >= 15 is 0 Å². The normalized spacial score (nSPS) is 14.5. The van der Waals surface area contributed by atoms with Crippen molar-refractivity contribution < 1.29 is 9.53 Å². The van der Waals surface area contributed by atoms with Gasteiger partial charge in [-0.3, -0.25) is 9.78 Å². The zero-order chi connectivity index (χ0) is 12.3. The summed E-state index contributed by atoms with van der Waals surface area (Å²) in [7, 11) is 0. The zero-order valence-corrected chi connectivity index (χ0v) is 9.90. The molecule has 0 unspecified atom stereocenters. The Morgan fingerprint density at radius 1 is 1.59 bits per heavy atom. The van der Waals surface area contributed by atoms with Crippen molar-refractivity contribution in [2.24, 2.45) is 5.73 Å². The van der Waals surface area contributed by atoms with Gasteiger partial charge >= 0.3 is 0 Å². The topological polar surface area (TPSA) is 77.2 Å². The minimum absolute atomic E-state index is 0.0221. The molecule has 1 aromatic rings. The van der Waals surface area contributed by atoms with E-state index in [1.807, 2.05) is 13.0 Å². The van der Waals surface area contributed by atoms with Gasteiger partial charge < -0.3 is 15.8 Å². The van der Waals surface area contributed by atoms with Crippen LogP contribution >= 0.6 is 0 Å². The van der Waals surface area contributed by atoms with Gasteiger partial charge in [0, 0.05) is 18.3 Å². The number of amides is 1. The third-order valence-corrected chi connectivity index (χ3v) is 2.57. The van der Waals surface area contributed by atoms with E-state index in [1.165, 1.54) is 0 Å². The number of hydrogen-bond donors (Lipinski definition) is 2. The van der Waals surface area contributed by atoms with Crippen LogP contribution in [0.25, 0.3) is 0 Å². The number of rotatable bonds is 5. The van der Waals surface area contributed by atoms with Crippen molar-refractivity contribution in [3.8, 4) is 5.75 Å². The fourth-order valence-corrected chi connectivity index (χ4v) is 1.52. The molecule has 1 amide bonds. The van der Waals surface area contributed by atoms with E-state index < -0.39 is 0 Å². The van der Waals surface area contributed by atoms with Crippen molar-refractivity contribution in [1.29, 1.82) is 0 Å². The summed E-state index contributed by atoms with van der Waals surface area (Å²) in [6.45, 7) is 2.22. The van der Waals surface area contributed by atoms with Gasteiger partial charge in [0.05, 0.1) is 5.69 Å². The Morgan fingerprint density at radius 3 is 3.00 bits per heavy atom. The highest BCUT2D eigenvalue weighted by Gasteiger charge is 2.23. The summed E-state index contributed by atoms with van der Waals surface area (Å²) in [5, 5.41) is 2.86. The monoisotopic (exact) mass is 235 g/mol. The molecule has 92 valence electrons. The quantitative estimate of drug-likeness (QED) is 0.779. The van der Waals surface area contributed by atoms with Gasteiger partial charge in [0.15, 0.2) is 6.61 Å². The van der Waals surface area contributed by atoms with Crippen LogP contribution in [0.2, 0.25) is 0 Å². The average molecular weight is 235 g/mol. The summed E-state index contributed by atoms with van der Waals surface area (Å²) >= 11 is 0. The Labute approximate surface area is 100 Å². The molecule has 17 heavy (non-hydrogen) atoms. The molecule has 0 bridgehead atoms. The second kappa shape index (κ2) is 5.14. The average Bonchev–Trinajstić information content (AvgIpc) is 3.11. The second-order valence-electron chi connectivity index (χ2n) is 4.23. The lowest BCUT2D eigenvalue weighted by atomic mass is 10.3. The van der Waals surface area contributed by atoms with E-state index in [0.717, 1.165) is 18.5 Å². The van der Waals surface area contributed by atoms with Crippen LogP contribution in [0.15, 0.2) is 12.1 Å². The molecule has 2 rings (SSSR count). The van der Waals surface area contributed by atoms with Gasteiger partial charge in [-0.1, -0.05) is 0 Å². The van der Waals surface area contributed by atoms with Gasteiger partial charge in [0.1, 0.15) is 5.75 Å². The number of nitrogens with two attached hydrogens (primary N) is 1. The molecular formula is C12H17N3O2. The van der Waals surface area contributed by atoms with Crippen LogP contribution in [0.3, 0.4) is 0 Å². The molecule has 1 heterocycles. The van der Waals surface area contributed by atoms with Crippen molar-refractivity contribution in [3.05, 3.63) is 23.5 Å². The summed E-state index contributed by atoms with van der Waals surface area (Å²) in [4.78, 5) is 15.7. The van der Waals surface area contributed by atoms with E-state index in [2.05, 4.69) is 10.3 Å².